The molecule has 1 aliphatic heterocycles. The largest absolute Gasteiger partial charge is 0.438 e. The van der Waals surface area contributed by atoms with E-state index < -0.39 is 36.2 Å². The van der Waals surface area contributed by atoms with Crippen LogP contribution in [0.1, 0.15) is 23.7 Å². The highest BCUT2D eigenvalue weighted by Crippen LogP contribution is 2.42. The van der Waals surface area contributed by atoms with Gasteiger partial charge in [0, 0.05) is 0 Å². The summed E-state index contributed by atoms with van der Waals surface area (Å²) in [6, 6.07) is 11.7. The van der Waals surface area contributed by atoms with Gasteiger partial charge in [-0.25, -0.2) is 4.39 Å². The summed E-state index contributed by atoms with van der Waals surface area (Å²) in [5.41, 5.74) is -3.71. The van der Waals surface area contributed by atoms with E-state index in [1.807, 2.05) is 0 Å². The molecule has 27 heavy (non-hydrogen) atoms. The van der Waals surface area contributed by atoms with E-state index in [0.717, 1.165) is 12.1 Å². The van der Waals surface area contributed by atoms with E-state index in [0.29, 0.717) is 0 Å². The minimum Gasteiger partial charge on any atom is -0.378 e. The molecule has 142 valence electrons. The first kappa shape index (κ1) is 19.0. The van der Waals surface area contributed by atoms with Gasteiger partial charge >= 0.3 is 6.18 Å². The zero-order valence-electron chi connectivity index (χ0n) is 13.7. The van der Waals surface area contributed by atoms with Crippen LogP contribution in [0, 0.1) is 5.82 Å². The molecule has 0 bridgehead atoms. The first-order valence-electron chi connectivity index (χ1n) is 7.83. The van der Waals surface area contributed by atoms with Gasteiger partial charge in [-0.1, -0.05) is 42.5 Å². The van der Waals surface area contributed by atoms with Crippen molar-refractivity contribution in [3.05, 3.63) is 71.5 Å². The topological polar surface area (TPSA) is 73.1 Å². The lowest BCUT2D eigenvalue weighted by molar-refractivity contribution is -0.303. The van der Waals surface area contributed by atoms with Crippen molar-refractivity contribution in [2.75, 3.05) is 0 Å². The summed E-state index contributed by atoms with van der Waals surface area (Å²) in [4.78, 5) is 12.5. The normalized spacial score (nSPS) is 21.1. The highest BCUT2D eigenvalue weighted by atomic mass is 19.4. The van der Waals surface area contributed by atoms with Crippen molar-refractivity contribution in [1.29, 1.82) is 0 Å². The molecule has 3 rings (SSSR count). The molecule has 1 aliphatic rings. The molecule has 0 spiro atoms. The average Bonchev–Trinajstić information content (AvgIpc) is 3.00. The number of halogens is 4. The molecule has 2 aromatic carbocycles. The lowest BCUT2D eigenvalue weighted by atomic mass is 10.00. The van der Waals surface area contributed by atoms with Crippen molar-refractivity contribution in [3.63, 3.8) is 0 Å². The molecule has 2 aromatic rings. The number of aliphatic hydroxyl groups excluding tert-OH is 1. The van der Waals surface area contributed by atoms with Crippen LogP contribution in [-0.2, 0) is 4.79 Å². The molecule has 2 N–H and O–H groups in total. The van der Waals surface area contributed by atoms with Crippen LogP contribution in [0.25, 0.3) is 0 Å². The number of hydrogen-bond donors (Lipinski definition) is 2. The second-order valence-corrected chi connectivity index (χ2v) is 6.01. The highest BCUT2D eigenvalue weighted by Gasteiger charge is 2.63. The molecule has 0 aliphatic carbocycles. The van der Waals surface area contributed by atoms with Crippen LogP contribution in [0.15, 0.2) is 59.7 Å². The molecule has 9 heteroatoms. The number of aliphatic hydroxyl groups is 2. The van der Waals surface area contributed by atoms with Crippen molar-refractivity contribution in [1.82, 2.24) is 5.01 Å². The molecular formula is C18H14F4N2O3. The third kappa shape index (κ3) is 3.43. The second-order valence-electron chi connectivity index (χ2n) is 6.01. The van der Waals surface area contributed by atoms with E-state index in [9.17, 15) is 32.6 Å². The summed E-state index contributed by atoms with van der Waals surface area (Å²) in [6.07, 6.45) is -8.23. The maximum atomic E-state index is 13.5. The Balaban J connectivity index is 2.00. The fourth-order valence-corrected chi connectivity index (χ4v) is 2.69. The third-order valence-electron chi connectivity index (χ3n) is 4.17. The Morgan fingerprint density at radius 2 is 1.70 bits per heavy atom. The minimum absolute atomic E-state index is 0.0532. The summed E-state index contributed by atoms with van der Waals surface area (Å²) in [5, 5.41) is 23.8. The highest BCUT2D eigenvalue weighted by molar-refractivity contribution is 6.03. The smallest absolute Gasteiger partial charge is 0.378 e. The Morgan fingerprint density at radius 1 is 1.11 bits per heavy atom. The maximum Gasteiger partial charge on any atom is 0.438 e. The molecule has 1 heterocycles. The Hall–Kier alpha value is -2.78. The number of benzene rings is 2. The second kappa shape index (κ2) is 6.75. The Morgan fingerprint density at radius 3 is 2.26 bits per heavy atom. The van der Waals surface area contributed by atoms with Gasteiger partial charge < -0.3 is 10.2 Å². The van der Waals surface area contributed by atoms with Crippen LogP contribution < -0.4 is 0 Å². The number of carbonyl (C=O) groups is 1. The van der Waals surface area contributed by atoms with Crippen molar-refractivity contribution >= 4 is 11.6 Å². The van der Waals surface area contributed by atoms with Crippen LogP contribution in [-0.4, -0.2) is 38.7 Å². The molecule has 1 amide bonds. The predicted molar refractivity (Wildman–Crippen MR) is 86.8 cm³/mol. The molecule has 0 saturated heterocycles. The van der Waals surface area contributed by atoms with Gasteiger partial charge in [0.15, 0.2) is 6.10 Å². The number of alkyl halides is 3. The standard InChI is InChI=1S/C18H14F4N2O3/c19-13-8-6-11(7-9-13)14-10-17(27,18(20,21)22)24(23-14)16(26)15(25)12-4-2-1-3-5-12/h1-9,15,25,27H,10H2/t15-,17+/m0/s1. The van der Waals surface area contributed by atoms with E-state index in [1.54, 1.807) is 6.07 Å². The molecule has 0 fully saturated rings. The summed E-state index contributed by atoms with van der Waals surface area (Å²) in [7, 11) is 0. The molecular weight excluding hydrogens is 368 g/mol. The van der Waals surface area contributed by atoms with E-state index >= 15 is 0 Å². The molecule has 0 aromatic heterocycles. The third-order valence-corrected chi connectivity index (χ3v) is 4.17. The SMILES string of the molecule is O=C([C@@H](O)c1ccccc1)N1N=C(c2ccc(F)cc2)C[C@@]1(O)C(F)(F)F. The van der Waals surface area contributed by atoms with E-state index in [-0.39, 0.29) is 21.8 Å². The van der Waals surface area contributed by atoms with E-state index in [2.05, 4.69) is 5.10 Å². The maximum absolute atomic E-state index is 13.5. The van der Waals surface area contributed by atoms with Gasteiger partial charge in [0.2, 0.25) is 0 Å². The van der Waals surface area contributed by atoms with Crippen LogP contribution in [0.4, 0.5) is 17.6 Å². The van der Waals surface area contributed by atoms with E-state index in [4.69, 9.17) is 0 Å². The number of hydrogen-bond acceptors (Lipinski definition) is 4. The Kier molecular flexibility index (Phi) is 4.75. The quantitative estimate of drug-likeness (QED) is 0.802. The van der Waals surface area contributed by atoms with Gasteiger partial charge in [-0.2, -0.15) is 23.3 Å². The first-order valence-corrected chi connectivity index (χ1v) is 7.83. The summed E-state index contributed by atoms with van der Waals surface area (Å²) in [5.74, 6) is -2.03. The van der Waals surface area contributed by atoms with E-state index in [1.165, 1.54) is 36.4 Å². The fourth-order valence-electron chi connectivity index (χ4n) is 2.69. The van der Waals surface area contributed by atoms with Crippen molar-refractivity contribution in [3.8, 4) is 0 Å². The van der Waals surface area contributed by atoms with Gasteiger partial charge in [-0.15, -0.1) is 0 Å². The number of hydrazone groups is 1. The van der Waals surface area contributed by atoms with Crippen molar-refractivity contribution in [2.24, 2.45) is 5.10 Å². The number of carbonyl (C=O) groups excluding carboxylic acids is 1. The van der Waals surface area contributed by atoms with Gasteiger partial charge in [0.1, 0.15) is 5.82 Å². The van der Waals surface area contributed by atoms with Crippen molar-refractivity contribution < 1.29 is 32.6 Å². The molecule has 0 radical (unpaired) electrons. The lowest BCUT2D eigenvalue weighted by Gasteiger charge is -2.33. The Bertz CT molecular complexity index is 868. The van der Waals surface area contributed by atoms with Crippen LogP contribution in [0.3, 0.4) is 0 Å². The van der Waals surface area contributed by atoms with Gasteiger partial charge in [-0.05, 0) is 23.3 Å². The zero-order valence-corrected chi connectivity index (χ0v) is 13.7. The minimum atomic E-state index is -5.23. The number of amides is 1. The van der Waals surface area contributed by atoms with Gasteiger partial charge in [0.05, 0.1) is 12.1 Å². The first-order chi connectivity index (χ1) is 12.6. The van der Waals surface area contributed by atoms with Gasteiger partial charge in [-0.3, -0.25) is 4.79 Å². The van der Waals surface area contributed by atoms with Gasteiger partial charge in [0.25, 0.3) is 11.6 Å². The molecule has 2 atom stereocenters. The molecule has 0 saturated carbocycles. The average molecular weight is 382 g/mol. The predicted octanol–water partition coefficient (Wildman–Crippen LogP) is 2.75. The molecule has 5 nitrogen and oxygen atoms in total. The number of rotatable bonds is 3. The van der Waals surface area contributed by atoms with Crippen LogP contribution in [0.5, 0.6) is 0 Å². The lowest BCUT2D eigenvalue weighted by Crippen LogP contribution is -2.57. The van der Waals surface area contributed by atoms with Crippen LogP contribution in [0.2, 0.25) is 0 Å². The monoisotopic (exact) mass is 382 g/mol. The zero-order chi connectivity index (χ0) is 19.8. The van der Waals surface area contributed by atoms with Crippen molar-refractivity contribution in [2.45, 2.75) is 24.4 Å². The summed E-state index contributed by atoms with van der Waals surface area (Å²) in [6.45, 7) is 0. The fraction of sp³-hybridized carbons (Fsp3) is 0.222. The Labute approximate surface area is 151 Å². The van der Waals surface area contributed by atoms with Crippen LogP contribution >= 0.6 is 0 Å². The summed E-state index contributed by atoms with van der Waals surface area (Å²) < 4.78 is 53.6. The number of nitrogens with zero attached hydrogens (tertiary/aromatic N) is 2. The summed E-state index contributed by atoms with van der Waals surface area (Å²) >= 11 is 0. The molecule has 0 unspecified atom stereocenters.